The minimum absolute atomic E-state index is 0.100. The molecule has 214 valence electrons. The molecule has 0 unspecified atom stereocenters. The van der Waals surface area contributed by atoms with E-state index in [4.69, 9.17) is 23.7 Å². The molecule has 10 heteroatoms. The Labute approximate surface area is 224 Å². The van der Waals surface area contributed by atoms with Crippen molar-refractivity contribution in [1.82, 2.24) is 0 Å². The summed E-state index contributed by atoms with van der Waals surface area (Å²) < 4.78 is 30.3. The number of carbonyl (C=O) groups is 4. The number of ether oxygens (including phenoxy) is 5. The van der Waals surface area contributed by atoms with E-state index in [2.05, 4.69) is 0 Å². The summed E-state index contributed by atoms with van der Waals surface area (Å²) in [5.74, 6) is -3.84. The van der Waals surface area contributed by atoms with Crippen LogP contribution in [0.3, 0.4) is 0 Å². The Kier molecular flexibility index (Phi) is 8.68. The molecule has 2 bridgehead atoms. The number of hydrogen-bond donors (Lipinski definition) is 1. The van der Waals surface area contributed by atoms with E-state index in [0.29, 0.717) is 18.4 Å². The number of rotatable bonds is 5. The summed E-state index contributed by atoms with van der Waals surface area (Å²) in [5.41, 5.74) is -1.97. The molecule has 10 nitrogen and oxygen atoms in total. The van der Waals surface area contributed by atoms with Crippen LogP contribution in [0.4, 0.5) is 0 Å². The Morgan fingerprint density at radius 3 is 2.05 bits per heavy atom. The van der Waals surface area contributed by atoms with Gasteiger partial charge in [-0.15, -0.1) is 0 Å². The molecule has 2 aliphatic heterocycles. The summed E-state index contributed by atoms with van der Waals surface area (Å²) in [4.78, 5) is 49.5. The number of esters is 4. The number of aliphatic hydroxyl groups is 1. The molecule has 3 aliphatic rings. The second kappa shape index (κ2) is 11.0. The maximum atomic E-state index is 12.5. The third kappa shape index (κ3) is 5.61. The van der Waals surface area contributed by atoms with Crippen molar-refractivity contribution in [1.29, 1.82) is 0 Å². The normalized spacial score (nSPS) is 41.9. The van der Waals surface area contributed by atoms with Crippen LogP contribution in [0.2, 0.25) is 0 Å². The van der Waals surface area contributed by atoms with Gasteiger partial charge >= 0.3 is 23.9 Å². The lowest BCUT2D eigenvalue weighted by molar-refractivity contribution is -0.248. The van der Waals surface area contributed by atoms with Gasteiger partial charge in [0.15, 0.2) is 11.7 Å². The highest BCUT2D eigenvalue weighted by Crippen LogP contribution is 2.59. The monoisotopic (exact) mass is 538 g/mol. The Morgan fingerprint density at radius 1 is 0.974 bits per heavy atom. The lowest BCUT2D eigenvalue weighted by Gasteiger charge is -2.55. The van der Waals surface area contributed by atoms with Crippen molar-refractivity contribution in [3.63, 3.8) is 0 Å². The molecule has 10 atom stereocenters. The van der Waals surface area contributed by atoms with E-state index >= 15 is 0 Å². The van der Waals surface area contributed by atoms with Gasteiger partial charge in [-0.2, -0.15) is 0 Å². The first-order chi connectivity index (χ1) is 17.5. The van der Waals surface area contributed by atoms with E-state index in [-0.39, 0.29) is 5.92 Å². The van der Waals surface area contributed by atoms with Crippen LogP contribution in [0, 0.1) is 23.7 Å². The molecule has 1 saturated carbocycles. The molecule has 2 heterocycles. The van der Waals surface area contributed by atoms with E-state index in [1.54, 1.807) is 20.8 Å². The highest BCUT2D eigenvalue weighted by Gasteiger charge is 2.71. The van der Waals surface area contributed by atoms with Gasteiger partial charge in [-0.3, -0.25) is 19.2 Å². The Bertz CT molecular complexity index is 988. The van der Waals surface area contributed by atoms with Crippen LogP contribution < -0.4 is 0 Å². The Hall–Kier alpha value is -2.46. The van der Waals surface area contributed by atoms with Crippen molar-refractivity contribution in [2.75, 3.05) is 0 Å². The topological polar surface area (TPSA) is 135 Å². The van der Waals surface area contributed by atoms with Crippen LogP contribution >= 0.6 is 0 Å². The first-order valence-corrected chi connectivity index (χ1v) is 13.3. The van der Waals surface area contributed by atoms with Gasteiger partial charge in [0.05, 0.1) is 12.2 Å². The minimum atomic E-state index is -1.48. The average molecular weight is 539 g/mol. The van der Waals surface area contributed by atoms with Crippen LogP contribution in [0.15, 0.2) is 11.6 Å². The second-order valence-corrected chi connectivity index (χ2v) is 11.7. The molecule has 0 radical (unpaired) electrons. The third-order valence-electron chi connectivity index (χ3n) is 8.35. The molecule has 1 saturated heterocycles. The molecule has 0 aromatic rings. The fourth-order valence-corrected chi connectivity index (χ4v) is 7.09. The number of fused-ring (bicyclic) bond motifs is 5. The quantitative estimate of drug-likeness (QED) is 0.316. The van der Waals surface area contributed by atoms with Gasteiger partial charge < -0.3 is 28.8 Å². The van der Waals surface area contributed by atoms with E-state index in [1.807, 2.05) is 19.9 Å². The summed E-state index contributed by atoms with van der Waals surface area (Å²) >= 11 is 0. The van der Waals surface area contributed by atoms with E-state index in [1.165, 1.54) is 27.7 Å². The summed E-state index contributed by atoms with van der Waals surface area (Å²) in [6.07, 6.45) is -1.82. The van der Waals surface area contributed by atoms with Crippen LogP contribution in [0.1, 0.15) is 75.2 Å². The third-order valence-corrected chi connectivity index (χ3v) is 8.35. The van der Waals surface area contributed by atoms with Crippen LogP contribution in [-0.2, 0) is 42.9 Å². The molecule has 3 rings (SSSR count). The first-order valence-electron chi connectivity index (χ1n) is 13.3. The molecule has 0 aromatic heterocycles. The smallest absolute Gasteiger partial charge is 0.303 e. The molecule has 0 amide bonds. The van der Waals surface area contributed by atoms with Gasteiger partial charge in [0.25, 0.3) is 0 Å². The van der Waals surface area contributed by atoms with Gasteiger partial charge in [-0.05, 0) is 45.1 Å². The Morgan fingerprint density at radius 2 is 1.55 bits per heavy atom. The van der Waals surface area contributed by atoms with E-state index in [9.17, 15) is 24.3 Å². The van der Waals surface area contributed by atoms with Crippen molar-refractivity contribution in [2.24, 2.45) is 23.7 Å². The van der Waals surface area contributed by atoms with Crippen molar-refractivity contribution >= 4 is 23.9 Å². The predicted molar refractivity (Wildman–Crippen MR) is 134 cm³/mol. The molecule has 1 aliphatic carbocycles. The largest absolute Gasteiger partial charge is 0.458 e. The maximum Gasteiger partial charge on any atom is 0.303 e. The summed E-state index contributed by atoms with van der Waals surface area (Å²) in [6.45, 7) is 14.3. The summed E-state index contributed by atoms with van der Waals surface area (Å²) in [5, 5.41) is 10.8. The van der Waals surface area contributed by atoms with Crippen molar-refractivity contribution in [3.05, 3.63) is 11.6 Å². The highest BCUT2D eigenvalue weighted by molar-refractivity contribution is 5.69. The van der Waals surface area contributed by atoms with Crippen LogP contribution in [0.5, 0.6) is 0 Å². The zero-order chi connectivity index (χ0) is 28.7. The molecule has 0 spiro atoms. The number of carbonyl (C=O) groups excluding carboxylic acids is 4. The molecular weight excluding hydrogens is 496 g/mol. The molecule has 1 N–H and O–H groups in total. The summed E-state index contributed by atoms with van der Waals surface area (Å²) in [7, 11) is 0. The molecule has 2 fully saturated rings. The predicted octanol–water partition coefficient (Wildman–Crippen LogP) is 2.88. The van der Waals surface area contributed by atoms with E-state index < -0.39 is 83.4 Å². The van der Waals surface area contributed by atoms with Crippen molar-refractivity contribution < 1.29 is 48.0 Å². The molecule has 38 heavy (non-hydrogen) atoms. The van der Waals surface area contributed by atoms with Gasteiger partial charge in [-0.1, -0.05) is 19.9 Å². The fraction of sp³-hybridized carbons (Fsp3) is 0.786. The van der Waals surface area contributed by atoms with Gasteiger partial charge in [0, 0.05) is 45.4 Å². The first kappa shape index (κ1) is 30.1. The number of hydrogen-bond acceptors (Lipinski definition) is 10. The molecular formula is C28H42O10. The lowest BCUT2D eigenvalue weighted by Crippen LogP contribution is -2.69. The lowest BCUT2D eigenvalue weighted by atomic mass is 9.55. The fourth-order valence-electron chi connectivity index (χ4n) is 7.09. The highest BCUT2D eigenvalue weighted by atomic mass is 16.6. The summed E-state index contributed by atoms with van der Waals surface area (Å²) in [6, 6.07) is 0. The Balaban J connectivity index is 2.36. The maximum absolute atomic E-state index is 12.5. The standard InChI is InChI=1S/C28H42O10/c1-13(2)21-22-23(28(9,38-18(7)32)26(35-16(5)30)24(21)34-15(4)29)20-12-14(3)19(33)10-11-27(8,25(22)36-20)37-17(6)31/h12-13,19-26,33H,10-11H2,1-9H3/b14-12-/t19-,20+,21-,22+,23+,24-,25+,26-,27+,28-/m1/s1. The zero-order valence-electron chi connectivity index (χ0n) is 23.8. The van der Waals surface area contributed by atoms with Crippen LogP contribution in [0.25, 0.3) is 0 Å². The van der Waals surface area contributed by atoms with E-state index in [0.717, 1.165) is 0 Å². The SMILES string of the molecule is CC(=O)O[C@@H]1[C@H](C(C)C)[C@H]2[C@H]([C@@H]3/C=C(/C)[C@H](O)CC[C@](C)(OC(C)=O)[C@H]2O3)[C@@](C)(OC(C)=O)[C@@H]1OC(C)=O. The number of aliphatic hydroxyl groups excluding tert-OH is 1. The zero-order valence-corrected chi connectivity index (χ0v) is 23.8. The second-order valence-electron chi connectivity index (χ2n) is 11.7. The molecule has 0 aromatic carbocycles. The minimum Gasteiger partial charge on any atom is -0.458 e. The van der Waals surface area contributed by atoms with Gasteiger partial charge in [0.1, 0.15) is 17.8 Å². The van der Waals surface area contributed by atoms with Crippen LogP contribution in [-0.4, -0.2) is 70.7 Å². The van der Waals surface area contributed by atoms with Crippen molar-refractivity contribution in [2.45, 2.75) is 117 Å². The van der Waals surface area contributed by atoms with Gasteiger partial charge in [-0.25, -0.2) is 0 Å². The van der Waals surface area contributed by atoms with Gasteiger partial charge in [0.2, 0.25) is 0 Å². The van der Waals surface area contributed by atoms with Crippen molar-refractivity contribution in [3.8, 4) is 0 Å². The average Bonchev–Trinajstić information content (AvgIpc) is 3.14.